The summed E-state index contributed by atoms with van der Waals surface area (Å²) < 4.78 is 10.4. The van der Waals surface area contributed by atoms with Gasteiger partial charge in [-0.05, 0) is 18.9 Å². The van der Waals surface area contributed by atoms with Crippen LogP contribution in [0.2, 0.25) is 0 Å². The lowest BCUT2D eigenvalue weighted by Gasteiger charge is -2.35. The van der Waals surface area contributed by atoms with Crippen LogP contribution in [-0.2, 0) is 20.7 Å². The van der Waals surface area contributed by atoms with Crippen LogP contribution >= 0.6 is 0 Å². The molecule has 2 amide bonds. The number of primary amides is 1. The lowest BCUT2D eigenvalue weighted by molar-refractivity contribution is -0.146. The molecule has 1 aromatic carbocycles. The number of methoxy groups -OCH3 is 2. The average molecular weight is 306 g/mol. The molecular formula is C16H22N2O4. The van der Waals surface area contributed by atoms with E-state index >= 15 is 0 Å². The van der Waals surface area contributed by atoms with Crippen LogP contribution in [0.3, 0.4) is 0 Å². The highest BCUT2D eigenvalue weighted by Gasteiger charge is 2.48. The van der Waals surface area contributed by atoms with Crippen molar-refractivity contribution >= 4 is 11.8 Å². The fourth-order valence-electron chi connectivity index (χ4n) is 3.07. The maximum absolute atomic E-state index is 12.7. The van der Waals surface area contributed by atoms with Crippen molar-refractivity contribution in [1.29, 1.82) is 0 Å². The van der Waals surface area contributed by atoms with Gasteiger partial charge in [-0.2, -0.15) is 0 Å². The Morgan fingerprint density at radius 1 is 1.32 bits per heavy atom. The molecule has 0 spiro atoms. The number of hydrogen-bond donors (Lipinski definition) is 1. The molecule has 6 nitrogen and oxygen atoms in total. The molecule has 1 saturated heterocycles. The van der Waals surface area contributed by atoms with Crippen LogP contribution in [0.4, 0.5) is 0 Å². The molecule has 0 saturated carbocycles. The topological polar surface area (TPSA) is 81.9 Å². The SMILES string of the molecule is COCC1(C(N)=O)CCCN1C(=O)Cc1ccccc1OC. The van der Waals surface area contributed by atoms with Crippen LogP contribution in [0, 0.1) is 0 Å². The Labute approximate surface area is 130 Å². The molecular weight excluding hydrogens is 284 g/mol. The molecule has 0 bridgehead atoms. The van der Waals surface area contributed by atoms with E-state index in [0.717, 1.165) is 12.0 Å². The van der Waals surface area contributed by atoms with Crippen molar-refractivity contribution < 1.29 is 19.1 Å². The predicted molar refractivity (Wildman–Crippen MR) is 81.4 cm³/mol. The number of rotatable bonds is 6. The summed E-state index contributed by atoms with van der Waals surface area (Å²) in [5.41, 5.74) is 5.31. The Hall–Kier alpha value is -2.08. The summed E-state index contributed by atoms with van der Waals surface area (Å²) in [6.45, 7) is 0.639. The number of hydrogen-bond acceptors (Lipinski definition) is 4. The van der Waals surface area contributed by atoms with Gasteiger partial charge in [0.25, 0.3) is 0 Å². The van der Waals surface area contributed by atoms with E-state index in [4.69, 9.17) is 15.2 Å². The van der Waals surface area contributed by atoms with E-state index in [1.54, 1.807) is 12.0 Å². The minimum atomic E-state index is -1.03. The lowest BCUT2D eigenvalue weighted by atomic mass is 9.95. The van der Waals surface area contributed by atoms with Gasteiger partial charge >= 0.3 is 0 Å². The van der Waals surface area contributed by atoms with E-state index in [0.29, 0.717) is 18.7 Å². The first-order valence-corrected chi connectivity index (χ1v) is 7.26. The second-order valence-corrected chi connectivity index (χ2v) is 5.47. The lowest BCUT2D eigenvalue weighted by Crippen LogP contribution is -2.59. The summed E-state index contributed by atoms with van der Waals surface area (Å²) in [7, 11) is 3.07. The van der Waals surface area contributed by atoms with Crippen molar-refractivity contribution in [3.8, 4) is 5.75 Å². The average Bonchev–Trinajstić information content (AvgIpc) is 2.93. The highest BCUT2D eigenvalue weighted by Crippen LogP contribution is 2.31. The van der Waals surface area contributed by atoms with Gasteiger partial charge in [0.15, 0.2) is 0 Å². The molecule has 1 fully saturated rings. The minimum Gasteiger partial charge on any atom is -0.496 e. The third-order valence-electron chi connectivity index (χ3n) is 4.17. The van der Waals surface area contributed by atoms with Gasteiger partial charge in [-0.25, -0.2) is 0 Å². The van der Waals surface area contributed by atoms with Crippen molar-refractivity contribution in [2.45, 2.75) is 24.8 Å². The second-order valence-electron chi connectivity index (χ2n) is 5.47. The van der Waals surface area contributed by atoms with Gasteiger partial charge in [0.05, 0.1) is 20.1 Å². The molecule has 0 aromatic heterocycles. The van der Waals surface area contributed by atoms with Crippen LogP contribution in [-0.4, -0.2) is 49.6 Å². The van der Waals surface area contributed by atoms with Crippen LogP contribution in [0.5, 0.6) is 5.75 Å². The standard InChI is InChI=1S/C16H22N2O4/c1-21-11-16(15(17)20)8-5-9-18(16)14(19)10-12-6-3-4-7-13(12)22-2/h3-4,6-7H,5,8-11H2,1-2H3,(H2,17,20). The molecule has 2 N–H and O–H groups in total. The largest absolute Gasteiger partial charge is 0.496 e. The minimum absolute atomic E-state index is 0.125. The first kappa shape index (κ1) is 16.3. The number of amides is 2. The molecule has 2 rings (SSSR count). The van der Waals surface area contributed by atoms with Crippen LogP contribution < -0.4 is 10.5 Å². The number of nitrogens with zero attached hydrogens (tertiary/aromatic N) is 1. The Bertz CT molecular complexity index is 561. The summed E-state index contributed by atoms with van der Waals surface area (Å²) in [4.78, 5) is 26.2. The molecule has 1 aromatic rings. The molecule has 120 valence electrons. The molecule has 1 aliphatic rings. The van der Waals surface area contributed by atoms with Crippen molar-refractivity contribution in [2.24, 2.45) is 5.73 Å². The maximum Gasteiger partial charge on any atom is 0.245 e. The molecule has 1 aliphatic heterocycles. The van der Waals surface area contributed by atoms with Crippen molar-refractivity contribution in [1.82, 2.24) is 4.90 Å². The smallest absolute Gasteiger partial charge is 0.245 e. The zero-order chi connectivity index (χ0) is 16.2. The first-order valence-electron chi connectivity index (χ1n) is 7.26. The summed E-state index contributed by atoms with van der Waals surface area (Å²) in [5, 5.41) is 0. The summed E-state index contributed by atoms with van der Waals surface area (Å²) >= 11 is 0. The van der Waals surface area contributed by atoms with E-state index in [1.807, 2.05) is 24.3 Å². The second kappa shape index (κ2) is 6.79. The van der Waals surface area contributed by atoms with Gasteiger partial charge in [0.2, 0.25) is 11.8 Å². The normalized spacial score (nSPS) is 20.9. The number of para-hydroxylation sites is 1. The fraction of sp³-hybridized carbons (Fsp3) is 0.500. The van der Waals surface area contributed by atoms with Gasteiger partial charge in [0.1, 0.15) is 11.3 Å². The van der Waals surface area contributed by atoms with Gasteiger partial charge in [0, 0.05) is 19.2 Å². The molecule has 22 heavy (non-hydrogen) atoms. The third-order valence-corrected chi connectivity index (χ3v) is 4.17. The summed E-state index contributed by atoms with van der Waals surface area (Å²) in [6.07, 6.45) is 1.45. The van der Waals surface area contributed by atoms with Gasteiger partial charge in [-0.3, -0.25) is 9.59 Å². The predicted octanol–water partition coefficient (Wildman–Crippen LogP) is 0.731. The van der Waals surface area contributed by atoms with E-state index in [1.165, 1.54) is 7.11 Å². The quantitative estimate of drug-likeness (QED) is 0.840. The number of likely N-dealkylation sites (tertiary alicyclic amines) is 1. The number of benzene rings is 1. The Kier molecular flexibility index (Phi) is 5.03. The summed E-state index contributed by atoms with van der Waals surface area (Å²) in [5.74, 6) is 0.00420. The Morgan fingerprint density at radius 3 is 2.68 bits per heavy atom. The van der Waals surface area contributed by atoms with E-state index in [-0.39, 0.29) is 18.9 Å². The zero-order valence-electron chi connectivity index (χ0n) is 13.0. The highest BCUT2D eigenvalue weighted by molar-refractivity contribution is 5.92. The van der Waals surface area contributed by atoms with Gasteiger partial charge < -0.3 is 20.1 Å². The molecule has 0 radical (unpaired) electrons. The third kappa shape index (κ3) is 2.92. The number of carbonyl (C=O) groups is 2. The molecule has 1 heterocycles. The number of nitrogens with two attached hydrogens (primary N) is 1. The number of ether oxygens (including phenoxy) is 2. The van der Waals surface area contributed by atoms with Crippen LogP contribution in [0.1, 0.15) is 18.4 Å². The van der Waals surface area contributed by atoms with E-state index < -0.39 is 11.4 Å². The molecule has 1 atom stereocenters. The fourth-order valence-corrected chi connectivity index (χ4v) is 3.07. The summed E-state index contributed by atoms with van der Waals surface area (Å²) in [6, 6.07) is 7.35. The molecule has 1 unspecified atom stereocenters. The van der Waals surface area contributed by atoms with Crippen LogP contribution in [0.25, 0.3) is 0 Å². The van der Waals surface area contributed by atoms with Gasteiger partial charge in [-0.15, -0.1) is 0 Å². The van der Waals surface area contributed by atoms with Crippen molar-refractivity contribution in [3.05, 3.63) is 29.8 Å². The number of carbonyl (C=O) groups excluding carboxylic acids is 2. The molecule has 6 heteroatoms. The van der Waals surface area contributed by atoms with Crippen molar-refractivity contribution in [3.63, 3.8) is 0 Å². The maximum atomic E-state index is 12.7. The van der Waals surface area contributed by atoms with Crippen LogP contribution in [0.15, 0.2) is 24.3 Å². The van der Waals surface area contributed by atoms with Gasteiger partial charge in [-0.1, -0.05) is 18.2 Å². The van der Waals surface area contributed by atoms with E-state index in [2.05, 4.69) is 0 Å². The highest BCUT2D eigenvalue weighted by atomic mass is 16.5. The first-order chi connectivity index (χ1) is 10.5. The Morgan fingerprint density at radius 2 is 2.05 bits per heavy atom. The monoisotopic (exact) mass is 306 g/mol. The zero-order valence-corrected chi connectivity index (χ0v) is 13.0. The van der Waals surface area contributed by atoms with Crippen molar-refractivity contribution in [2.75, 3.05) is 27.4 Å². The molecule has 0 aliphatic carbocycles. The van der Waals surface area contributed by atoms with E-state index in [9.17, 15) is 9.59 Å². The Balaban J connectivity index is 2.22.